The first-order valence-electron chi connectivity index (χ1n) is 13.0. The summed E-state index contributed by atoms with van der Waals surface area (Å²) in [5.74, 6) is -2.47. The number of piperidine rings is 2. The second-order valence-electron chi connectivity index (χ2n) is 10.8. The van der Waals surface area contributed by atoms with Crippen LogP contribution in [0.3, 0.4) is 0 Å². The molecule has 1 N–H and O–H groups in total. The predicted molar refractivity (Wildman–Crippen MR) is 138 cm³/mol. The first-order chi connectivity index (χ1) is 18.1. The lowest BCUT2D eigenvalue weighted by atomic mass is 9.92. The molecule has 0 unspecified atom stereocenters. The van der Waals surface area contributed by atoms with Gasteiger partial charge in [0.05, 0.1) is 22.4 Å². The van der Waals surface area contributed by atoms with Gasteiger partial charge in [0.15, 0.2) is 17.3 Å². The van der Waals surface area contributed by atoms with Crippen LogP contribution in [0.1, 0.15) is 54.4 Å². The zero-order valence-corrected chi connectivity index (χ0v) is 21.1. The van der Waals surface area contributed by atoms with Gasteiger partial charge in [-0.1, -0.05) is 0 Å². The van der Waals surface area contributed by atoms with Gasteiger partial charge >= 0.3 is 0 Å². The Bertz CT molecular complexity index is 1420. The van der Waals surface area contributed by atoms with Gasteiger partial charge < -0.3 is 19.5 Å². The van der Waals surface area contributed by atoms with Crippen LogP contribution in [-0.4, -0.2) is 57.3 Å². The third-order valence-corrected chi connectivity index (χ3v) is 8.27. The van der Waals surface area contributed by atoms with Crippen molar-refractivity contribution in [2.24, 2.45) is 5.41 Å². The van der Waals surface area contributed by atoms with E-state index in [2.05, 4.69) is 20.2 Å². The number of carbonyl (C=O) groups excluding carboxylic acids is 1. The van der Waals surface area contributed by atoms with Crippen LogP contribution in [0.4, 0.5) is 31.8 Å². The van der Waals surface area contributed by atoms with E-state index < -0.39 is 16.8 Å². The monoisotopic (exact) mass is 525 g/mol. The molecule has 1 saturated carbocycles. The van der Waals surface area contributed by atoms with Crippen LogP contribution in [0.25, 0.3) is 5.65 Å². The lowest BCUT2D eigenvalue weighted by molar-refractivity contribution is -0.385. The number of benzene rings is 1. The number of halogens is 2. The van der Waals surface area contributed by atoms with Gasteiger partial charge in [0.2, 0.25) is 0 Å². The molecule has 0 atom stereocenters. The molecule has 1 amide bonds. The van der Waals surface area contributed by atoms with E-state index in [1.165, 1.54) is 18.9 Å². The number of alkyl halides is 2. The number of aryl methyl sites for hydroxylation is 1. The minimum atomic E-state index is -2.70. The Morgan fingerprint density at radius 2 is 1.74 bits per heavy atom. The molecule has 2 saturated heterocycles. The zero-order valence-electron chi connectivity index (χ0n) is 21.1. The Hall–Kier alpha value is -3.83. The lowest BCUT2D eigenvalue weighted by Gasteiger charge is -2.35. The van der Waals surface area contributed by atoms with E-state index >= 15 is 0 Å². The quantitative estimate of drug-likeness (QED) is 0.376. The molecular formula is C26H29F2N7O3. The Morgan fingerprint density at radius 3 is 2.39 bits per heavy atom. The molecule has 1 aliphatic carbocycles. The van der Waals surface area contributed by atoms with E-state index in [0.717, 1.165) is 25.9 Å². The van der Waals surface area contributed by atoms with E-state index in [0.29, 0.717) is 33.7 Å². The highest BCUT2D eigenvalue weighted by Gasteiger charge is 2.45. The van der Waals surface area contributed by atoms with E-state index in [9.17, 15) is 23.7 Å². The standard InChI is InChI=1S/C26H29F2N7O3/c1-17-14-18(20(15-19(17)35(37)38)32-9-4-25(2-3-25)5-10-32)24(36)31-21-16-34-13-8-29-22(34)23(30-21)33-11-6-26(27,28)7-12-33/h8,13-16H,2-7,9-12H2,1H3,(H,31,36). The first-order valence-corrected chi connectivity index (χ1v) is 13.0. The Balaban J connectivity index is 1.31. The maximum atomic E-state index is 13.8. The number of carbonyl (C=O) groups is 1. The molecule has 38 heavy (non-hydrogen) atoms. The Labute approximate surface area is 217 Å². The summed E-state index contributed by atoms with van der Waals surface area (Å²) in [6.45, 7) is 3.35. The summed E-state index contributed by atoms with van der Waals surface area (Å²) >= 11 is 0. The number of hydrogen-bond donors (Lipinski definition) is 1. The number of aromatic nitrogens is 3. The number of fused-ring (bicyclic) bond motifs is 1. The van der Waals surface area contributed by atoms with Crippen molar-refractivity contribution < 1.29 is 18.5 Å². The number of nitro benzene ring substituents is 1. The van der Waals surface area contributed by atoms with Gasteiger partial charge in [0.25, 0.3) is 17.5 Å². The summed E-state index contributed by atoms with van der Waals surface area (Å²) in [4.78, 5) is 37.6. The molecule has 1 aromatic carbocycles. The van der Waals surface area contributed by atoms with Gasteiger partial charge in [-0.3, -0.25) is 14.9 Å². The summed E-state index contributed by atoms with van der Waals surface area (Å²) in [7, 11) is 0. The number of nitrogens with zero attached hydrogens (tertiary/aromatic N) is 6. The highest BCUT2D eigenvalue weighted by atomic mass is 19.3. The molecule has 200 valence electrons. The minimum Gasteiger partial charge on any atom is -0.371 e. The number of imidazole rings is 1. The van der Waals surface area contributed by atoms with Crippen molar-refractivity contribution in [3.63, 3.8) is 0 Å². The largest absolute Gasteiger partial charge is 0.371 e. The Kier molecular flexibility index (Phi) is 5.73. The molecule has 10 nitrogen and oxygen atoms in total. The van der Waals surface area contributed by atoms with Crippen molar-refractivity contribution in [2.45, 2.75) is 51.4 Å². The molecule has 3 aromatic rings. The summed E-state index contributed by atoms with van der Waals surface area (Å²) in [6, 6.07) is 3.06. The third kappa shape index (κ3) is 4.52. The number of amides is 1. The van der Waals surface area contributed by atoms with Gasteiger partial charge in [-0.05, 0) is 44.1 Å². The van der Waals surface area contributed by atoms with Gasteiger partial charge in [-0.2, -0.15) is 0 Å². The number of nitro groups is 1. The molecule has 3 aliphatic rings. The normalized spacial score (nSPS) is 20.1. The fourth-order valence-corrected chi connectivity index (χ4v) is 5.64. The SMILES string of the molecule is Cc1cc(C(=O)Nc2cn3ccnc3c(N3CCC(F)(F)CC3)n2)c(N2CCC3(CC2)CC3)cc1[N+](=O)[O-]. The predicted octanol–water partition coefficient (Wildman–Crippen LogP) is 4.81. The van der Waals surface area contributed by atoms with Crippen LogP contribution in [0, 0.1) is 22.5 Å². The number of hydrogen-bond acceptors (Lipinski definition) is 7. The number of nitrogens with one attached hydrogen (secondary N) is 1. The molecule has 4 heterocycles. The highest BCUT2D eigenvalue weighted by Crippen LogP contribution is 2.54. The van der Waals surface area contributed by atoms with E-state index in [4.69, 9.17) is 0 Å². The highest BCUT2D eigenvalue weighted by molar-refractivity contribution is 6.08. The van der Waals surface area contributed by atoms with Crippen molar-refractivity contribution in [1.82, 2.24) is 14.4 Å². The Morgan fingerprint density at radius 1 is 1.05 bits per heavy atom. The molecule has 12 heteroatoms. The van der Waals surface area contributed by atoms with Crippen LogP contribution < -0.4 is 15.1 Å². The summed E-state index contributed by atoms with van der Waals surface area (Å²) in [5, 5.41) is 14.5. The van der Waals surface area contributed by atoms with Crippen LogP contribution >= 0.6 is 0 Å². The third-order valence-electron chi connectivity index (χ3n) is 8.27. The van der Waals surface area contributed by atoms with Crippen LogP contribution in [-0.2, 0) is 0 Å². The first kappa shape index (κ1) is 24.5. The van der Waals surface area contributed by atoms with Crippen molar-refractivity contribution in [2.75, 3.05) is 41.3 Å². The summed E-state index contributed by atoms with van der Waals surface area (Å²) in [5.41, 5.74) is 2.18. The molecule has 0 bridgehead atoms. The van der Waals surface area contributed by atoms with E-state index in [1.54, 1.807) is 40.9 Å². The topological polar surface area (TPSA) is 109 Å². The molecule has 0 radical (unpaired) electrons. The average Bonchev–Trinajstić information content (AvgIpc) is 3.45. The van der Waals surface area contributed by atoms with Gasteiger partial charge in [-0.15, -0.1) is 0 Å². The minimum absolute atomic E-state index is 0.0228. The maximum absolute atomic E-state index is 13.8. The van der Waals surface area contributed by atoms with Gasteiger partial charge in [0.1, 0.15) is 0 Å². The average molecular weight is 526 g/mol. The lowest BCUT2D eigenvalue weighted by Crippen LogP contribution is -2.40. The molecule has 2 aromatic heterocycles. The zero-order chi connectivity index (χ0) is 26.7. The molecule has 1 spiro atoms. The summed E-state index contributed by atoms with van der Waals surface area (Å²) in [6.07, 6.45) is 8.82. The van der Waals surface area contributed by atoms with E-state index in [-0.39, 0.29) is 37.4 Å². The maximum Gasteiger partial charge on any atom is 0.274 e. The van der Waals surface area contributed by atoms with Crippen molar-refractivity contribution in [3.05, 3.63) is 52.0 Å². The number of anilines is 3. The van der Waals surface area contributed by atoms with Gasteiger partial charge in [0, 0.05) is 63.0 Å². The fourth-order valence-electron chi connectivity index (χ4n) is 5.64. The van der Waals surface area contributed by atoms with Crippen molar-refractivity contribution in [1.29, 1.82) is 0 Å². The number of rotatable bonds is 5. The summed E-state index contributed by atoms with van der Waals surface area (Å²) < 4.78 is 29.2. The molecule has 2 aliphatic heterocycles. The van der Waals surface area contributed by atoms with Crippen molar-refractivity contribution >= 4 is 34.6 Å². The second-order valence-corrected chi connectivity index (χ2v) is 10.8. The molecular weight excluding hydrogens is 496 g/mol. The second kappa shape index (κ2) is 8.88. The van der Waals surface area contributed by atoms with Crippen molar-refractivity contribution in [3.8, 4) is 0 Å². The fraction of sp³-hybridized carbons (Fsp3) is 0.500. The van der Waals surface area contributed by atoms with E-state index in [1.807, 2.05) is 0 Å². The smallest absolute Gasteiger partial charge is 0.274 e. The van der Waals surface area contributed by atoms with Crippen LogP contribution in [0.2, 0.25) is 0 Å². The van der Waals surface area contributed by atoms with Gasteiger partial charge in [-0.25, -0.2) is 18.7 Å². The van der Waals surface area contributed by atoms with Crippen LogP contribution in [0.15, 0.2) is 30.7 Å². The molecule has 6 rings (SSSR count). The van der Waals surface area contributed by atoms with Crippen LogP contribution in [0.5, 0.6) is 0 Å². The molecule has 3 fully saturated rings.